The van der Waals surface area contributed by atoms with E-state index in [-0.39, 0.29) is 0 Å². The van der Waals surface area contributed by atoms with Gasteiger partial charge in [0.1, 0.15) is 36.6 Å². The lowest BCUT2D eigenvalue weighted by atomic mass is 9.83. The van der Waals surface area contributed by atoms with E-state index in [2.05, 4.69) is 13.2 Å². The zero-order valence-electron chi connectivity index (χ0n) is 26.3. The molecule has 0 aliphatic heterocycles. The Bertz CT molecular complexity index is 1350. The molecule has 0 amide bonds. The first kappa shape index (κ1) is 33.5. The first-order chi connectivity index (χ1) is 22.8. The summed E-state index contributed by atoms with van der Waals surface area (Å²) in [5.41, 5.74) is 4.17. The van der Waals surface area contributed by atoms with E-state index in [1.54, 1.807) is 12.2 Å². The highest BCUT2D eigenvalue weighted by molar-refractivity contribution is 5.17. The van der Waals surface area contributed by atoms with Gasteiger partial charge in [-0.2, -0.15) is 0 Å². The molecule has 46 heavy (non-hydrogen) atoms. The normalized spacial score (nSPS) is 22.7. The molecule has 0 bridgehead atoms. The zero-order valence-corrected chi connectivity index (χ0v) is 26.3. The smallest absolute Gasteiger partial charge is 0.116 e. The van der Waals surface area contributed by atoms with Crippen LogP contribution < -0.4 is 0 Å². The van der Waals surface area contributed by atoms with Crippen molar-refractivity contribution in [2.45, 2.75) is 63.1 Å². The summed E-state index contributed by atoms with van der Waals surface area (Å²) < 4.78 is 40.1. The number of hydrogen-bond acceptors (Lipinski definition) is 6. The average Bonchev–Trinajstić information content (AvgIpc) is 3.12. The Balaban J connectivity index is 1.53. The SMILES string of the molecule is C=CCO[C@H]1C(OCc2ccccc2)[C@H](OCC=C)[C@@H](OCc2ccccc2)C(OCc2ccccc2)[C@H]1OCc1ccccc1. The average molecular weight is 621 g/mol. The van der Waals surface area contributed by atoms with Crippen molar-refractivity contribution in [1.29, 1.82) is 0 Å². The predicted molar refractivity (Wildman–Crippen MR) is 180 cm³/mol. The number of ether oxygens (including phenoxy) is 6. The van der Waals surface area contributed by atoms with Gasteiger partial charge in [0, 0.05) is 0 Å². The minimum atomic E-state index is -0.561. The molecule has 5 rings (SSSR count). The molecule has 6 atom stereocenters. The molecule has 0 spiro atoms. The van der Waals surface area contributed by atoms with E-state index in [0.29, 0.717) is 39.6 Å². The van der Waals surface area contributed by atoms with Crippen molar-refractivity contribution in [3.05, 3.63) is 169 Å². The lowest BCUT2D eigenvalue weighted by Crippen LogP contribution is -2.67. The van der Waals surface area contributed by atoms with Crippen molar-refractivity contribution < 1.29 is 28.4 Å². The molecular formula is C40H44O6. The number of benzene rings is 4. The van der Waals surface area contributed by atoms with E-state index in [0.717, 1.165) is 22.3 Å². The summed E-state index contributed by atoms with van der Waals surface area (Å²) in [6, 6.07) is 40.4. The van der Waals surface area contributed by atoms with E-state index in [4.69, 9.17) is 28.4 Å². The second-order valence-electron chi connectivity index (χ2n) is 11.2. The van der Waals surface area contributed by atoms with Gasteiger partial charge in [-0.05, 0) is 22.3 Å². The fourth-order valence-electron chi connectivity index (χ4n) is 5.68. The van der Waals surface area contributed by atoms with Crippen molar-refractivity contribution in [2.24, 2.45) is 0 Å². The summed E-state index contributed by atoms with van der Waals surface area (Å²) in [5, 5.41) is 0. The molecule has 0 radical (unpaired) electrons. The lowest BCUT2D eigenvalue weighted by molar-refractivity contribution is -0.286. The Hall–Kier alpha value is -3.88. The molecule has 0 heterocycles. The summed E-state index contributed by atoms with van der Waals surface area (Å²) in [7, 11) is 0. The molecule has 4 aromatic rings. The maximum Gasteiger partial charge on any atom is 0.116 e. The van der Waals surface area contributed by atoms with Crippen molar-refractivity contribution in [3.63, 3.8) is 0 Å². The highest BCUT2D eigenvalue weighted by Crippen LogP contribution is 2.36. The number of hydrogen-bond donors (Lipinski definition) is 0. The Morgan fingerprint density at radius 2 is 0.565 bits per heavy atom. The monoisotopic (exact) mass is 620 g/mol. The van der Waals surface area contributed by atoms with Crippen LogP contribution in [0.25, 0.3) is 0 Å². The van der Waals surface area contributed by atoms with E-state index in [9.17, 15) is 0 Å². The zero-order chi connectivity index (χ0) is 31.8. The molecule has 2 unspecified atom stereocenters. The van der Waals surface area contributed by atoms with Crippen LogP contribution in [0.3, 0.4) is 0 Å². The molecule has 1 aliphatic carbocycles. The van der Waals surface area contributed by atoms with Crippen LogP contribution >= 0.6 is 0 Å². The van der Waals surface area contributed by atoms with E-state index in [1.807, 2.05) is 121 Å². The maximum atomic E-state index is 6.79. The lowest BCUT2D eigenvalue weighted by Gasteiger charge is -2.49. The Labute approximate surface area is 273 Å². The van der Waals surface area contributed by atoms with Crippen molar-refractivity contribution in [3.8, 4) is 0 Å². The molecule has 0 N–H and O–H groups in total. The molecule has 0 saturated heterocycles. The summed E-state index contributed by atoms with van der Waals surface area (Å²) in [5.74, 6) is 0. The molecule has 1 saturated carbocycles. The van der Waals surface area contributed by atoms with Crippen LogP contribution in [0.2, 0.25) is 0 Å². The van der Waals surface area contributed by atoms with Crippen molar-refractivity contribution in [1.82, 2.24) is 0 Å². The third kappa shape index (κ3) is 9.56. The molecular weight excluding hydrogens is 576 g/mol. The second kappa shape index (κ2) is 18.3. The number of rotatable bonds is 18. The van der Waals surface area contributed by atoms with Gasteiger partial charge in [0.2, 0.25) is 0 Å². The van der Waals surface area contributed by atoms with Gasteiger partial charge in [-0.3, -0.25) is 0 Å². The fraction of sp³-hybridized carbons (Fsp3) is 0.300. The van der Waals surface area contributed by atoms with E-state index >= 15 is 0 Å². The largest absolute Gasteiger partial charge is 0.369 e. The maximum absolute atomic E-state index is 6.79. The van der Waals surface area contributed by atoms with Crippen LogP contribution in [0.4, 0.5) is 0 Å². The van der Waals surface area contributed by atoms with Gasteiger partial charge in [-0.25, -0.2) is 0 Å². The first-order valence-corrected chi connectivity index (χ1v) is 15.8. The molecule has 4 aromatic carbocycles. The Morgan fingerprint density at radius 1 is 0.348 bits per heavy atom. The van der Waals surface area contributed by atoms with Crippen molar-refractivity contribution >= 4 is 0 Å². The minimum Gasteiger partial charge on any atom is -0.369 e. The molecule has 1 aliphatic rings. The summed E-state index contributed by atoms with van der Waals surface area (Å²) in [6.45, 7) is 9.88. The van der Waals surface area contributed by atoms with Gasteiger partial charge in [0.15, 0.2) is 0 Å². The molecule has 1 fully saturated rings. The van der Waals surface area contributed by atoms with Gasteiger partial charge in [0.05, 0.1) is 39.6 Å². The van der Waals surface area contributed by atoms with Gasteiger partial charge in [-0.1, -0.05) is 133 Å². The third-order valence-corrected chi connectivity index (χ3v) is 7.90. The quantitative estimate of drug-likeness (QED) is 0.108. The molecule has 240 valence electrons. The van der Waals surface area contributed by atoms with Gasteiger partial charge in [-0.15, -0.1) is 13.2 Å². The van der Waals surface area contributed by atoms with Crippen LogP contribution in [0.5, 0.6) is 0 Å². The van der Waals surface area contributed by atoms with Crippen LogP contribution in [-0.2, 0) is 54.8 Å². The summed E-state index contributed by atoms with van der Waals surface area (Å²) in [6.07, 6.45) is 0.116. The minimum absolute atomic E-state index is 0.302. The predicted octanol–water partition coefficient (Wildman–Crippen LogP) is 7.48. The van der Waals surface area contributed by atoms with Gasteiger partial charge < -0.3 is 28.4 Å². The topological polar surface area (TPSA) is 55.4 Å². The third-order valence-electron chi connectivity index (χ3n) is 7.90. The van der Waals surface area contributed by atoms with Crippen LogP contribution in [-0.4, -0.2) is 49.8 Å². The molecule has 6 heteroatoms. The molecule has 0 aromatic heterocycles. The summed E-state index contributed by atoms with van der Waals surface area (Å²) >= 11 is 0. The second-order valence-corrected chi connectivity index (χ2v) is 11.2. The van der Waals surface area contributed by atoms with Gasteiger partial charge in [0.25, 0.3) is 0 Å². The van der Waals surface area contributed by atoms with E-state index in [1.165, 1.54) is 0 Å². The van der Waals surface area contributed by atoms with Crippen LogP contribution in [0.1, 0.15) is 22.3 Å². The Morgan fingerprint density at radius 3 is 0.783 bits per heavy atom. The highest BCUT2D eigenvalue weighted by Gasteiger charge is 2.55. The standard InChI is InChI=1S/C40H44O6/c1-3-25-41-35-37(43-27-31-17-9-5-10-18-31)36(42-26-4-2)39(45-29-33-21-13-7-14-22-33)40(46-30-34-23-15-8-16-24-34)38(35)44-28-32-19-11-6-12-20-32/h3-24,35-40H,1-2,25-30H2/t35-,36-,37?,38-,39+,40?/m0/s1. The fourth-order valence-corrected chi connectivity index (χ4v) is 5.68. The van der Waals surface area contributed by atoms with Gasteiger partial charge >= 0.3 is 0 Å². The first-order valence-electron chi connectivity index (χ1n) is 15.8. The Kier molecular flexibility index (Phi) is 13.3. The van der Waals surface area contributed by atoms with Crippen LogP contribution in [0, 0.1) is 0 Å². The summed E-state index contributed by atoms with van der Waals surface area (Å²) in [4.78, 5) is 0. The highest BCUT2D eigenvalue weighted by atomic mass is 16.6. The van der Waals surface area contributed by atoms with E-state index < -0.39 is 36.6 Å². The van der Waals surface area contributed by atoms with Crippen LogP contribution in [0.15, 0.2) is 147 Å². The van der Waals surface area contributed by atoms with Crippen molar-refractivity contribution in [2.75, 3.05) is 13.2 Å². The molecule has 6 nitrogen and oxygen atoms in total.